The van der Waals surface area contributed by atoms with E-state index in [1.807, 2.05) is 6.07 Å². The molecule has 3 aliphatic heterocycles. The van der Waals surface area contributed by atoms with Gasteiger partial charge in [0.05, 0.1) is 33.7 Å². The van der Waals surface area contributed by atoms with E-state index >= 15 is 0 Å². The molecule has 3 heterocycles. The lowest BCUT2D eigenvalue weighted by atomic mass is 10.1. The molecule has 8 nitrogen and oxygen atoms in total. The molecule has 180 valence electrons. The van der Waals surface area contributed by atoms with Gasteiger partial charge < -0.3 is 5.32 Å². The van der Waals surface area contributed by atoms with Crippen molar-refractivity contribution in [1.82, 2.24) is 4.90 Å². The molecule has 3 amide bonds. The molecule has 1 N–H and O–H groups in total. The number of anilines is 2. The van der Waals surface area contributed by atoms with E-state index in [2.05, 4.69) is 21.2 Å². The standard InChI is InChI=1S/C23H18BrN3O5S3/c24-13-4-3-5-14(10-13)25-18(28)11-26-17-7-2-1-6-16(17)19(21(26)29)20-22(30)27(23(33)34-20)15-8-9-35(31,32)12-15/h1-7,10,15H,8-9,11-12H2,(H,25,28). The number of benzene rings is 2. The number of nitrogens with zero attached hydrogens (tertiary/aromatic N) is 2. The molecular weight excluding hydrogens is 574 g/mol. The third kappa shape index (κ3) is 4.55. The summed E-state index contributed by atoms with van der Waals surface area (Å²) in [5.74, 6) is -1.48. The summed E-state index contributed by atoms with van der Waals surface area (Å²) in [6.07, 6.45) is 0.309. The van der Waals surface area contributed by atoms with Crippen molar-refractivity contribution in [1.29, 1.82) is 0 Å². The van der Waals surface area contributed by atoms with Crippen molar-refractivity contribution in [3.63, 3.8) is 0 Å². The Morgan fingerprint density at radius 2 is 1.91 bits per heavy atom. The van der Waals surface area contributed by atoms with E-state index in [9.17, 15) is 22.8 Å². The van der Waals surface area contributed by atoms with Crippen LogP contribution < -0.4 is 10.2 Å². The number of thiocarbonyl (C=S) groups is 1. The topological polar surface area (TPSA) is 104 Å². The number of hydrogen-bond donors (Lipinski definition) is 1. The van der Waals surface area contributed by atoms with Crippen LogP contribution in [0.15, 0.2) is 57.9 Å². The smallest absolute Gasteiger partial charge is 0.267 e. The number of rotatable bonds is 4. The maximum atomic E-state index is 13.5. The zero-order chi connectivity index (χ0) is 24.9. The van der Waals surface area contributed by atoms with Gasteiger partial charge in [0.25, 0.3) is 11.8 Å². The maximum absolute atomic E-state index is 13.5. The highest BCUT2D eigenvalue weighted by Gasteiger charge is 2.46. The first kappa shape index (κ1) is 24.2. The lowest BCUT2D eigenvalue weighted by Gasteiger charge is -2.21. The third-order valence-electron chi connectivity index (χ3n) is 5.93. The number of nitrogens with one attached hydrogen (secondary N) is 1. The van der Waals surface area contributed by atoms with Crippen LogP contribution in [0.3, 0.4) is 0 Å². The molecule has 1 unspecified atom stereocenters. The van der Waals surface area contributed by atoms with E-state index in [1.54, 1.807) is 42.5 Å². The Labute approximate surface area is 219 Å². The largest absolute Gasteiger partial charge is 0.324 e. The van der Waals surface area contributed by atoms with Gasteiger partial charge in [0.2, 0.25) is 5.91 Å². The van der Waals surface area contributed by atoms with Crippen molar-refractivity contribution in [2.45, 2.75) is 12.5 Å². The third-order valence-corrected chi connectivity index (χ3v) is 9.58. The SMILES string of the molecule is O=C(CN1C(=O)C(=C2SC(=S)N(C3CCS(=O)(=O)C3)C2=O)c2ccccc21)Nc1cccc(Br)c1. The quantitative estimate of drug-likeness (QED) is 0.430. The van der Waals surface area contributed by atoms with Gasteiger partial charge >= 0.3 is 0 Å². The fraction of sp³-hybridized carbons (Fsp3) is 0.217. The Kier molecular flexibility index (Phi) is 6.32. The number of amides is 3. The minimum atomic E-state index is -3.23. The van der Waals surface area contributed by atoms with Crippen molar-refractivity contribution < 1.29 is 22.8 Å². The van der Waals surface area contributed by atoms with Crippen LogP contribution in [0, 0.1) is 0 Å². The summed E-state index contributed by atoms with van der Waals surface area (Å²) < 4.78 is 25.0. The molecule has 2 aromatic carbocycles. The number of fused-ring (bicyclic) bond motifs is 1. The van der Waals surface area contributed by atoms with Gasteiger partial charge in [0.1, 0.15) is 10.9 Å². The Hall–Kier alpha value is -2.54. The van der Waals surface area contributed by atoms with Crippen LogP contribution in [0.2, 0.25) is 0 Å². The average molecular weight is 593 g/mol. The van der Waals surface area contributed by atoms with Crippen LogP contribution >= 0.6 is 39.9 Å². The predicted octanol–water partition coefficient (Wildman–Crippen LogP) is 3.19. The number of halogens is 1. The van der Waals surface area contributed by atoms with Gasteiger partial charge in [-0.1, -0.05) is 64.2 Å². The number of para-hydroxylation sites is 1. The van der Waals surface area contributed by atoms with Crippen molar-refractivity contribution in [2.75, 3.05) is 28.3 Å². The summed E-state index contributed by atoms with van der Waals surface area (Å²) in [4.78, 5) is 42.5. The lowest BCUT2D eigenvalue weighted by Crippen LogP contribution is -2.39. The van der Waals surface area contributed by atoms with E-state index in [0.717, 1.165) is 16.2 Å². The van der Waals surface area contributed by atoms with Gasteiger partial charge in [-0.05, 0) is 30.7 Å². The number of hydrogen-bond acceptors (Lipinski definition) is 7. The van der Waals surface area contributed by atoms with Gasteiger partial charge in [-0.25, -0.2) is 8.42 Å². The molecule has 3 aliphatic rings. The van der Waals surface area contributed by atoms with E-state index in [-0.39, 0.29) is 32.8 Å². The fourth-order valence-corrected chi connectivity index (χ4v) is 7.96. The van der Waals surface area contributed by atoms with E-state index in [0.29, 0.717) is 23.4 Å². The molecule has 0 aromatic heterocycles. The van der Waals surface area contributed by atoms with Crippen LogP contribution in [0.1, 0.15) is 12.0 Å². The first-order chi connectivity index (χ1) is 16.6. The monoisotopic (exact) mass is 591 g/mol. The maximum Gasteiger partial charge on any atom is 0.267 e. The molecular formula is C23H18BrN3O5S3. The highest BCUT2D eigenvalue weighted by molar-refractivity contribution is 9.10. The molecule has 2 fully saturated rings. The summed E-state index contributed by atoms with van der Waals surface area (Å²) in [5.41, 5.74) is 1.81. The van der Waals surface area contributed by atoms with E-state index in [4.69, 9.17) is 12.2 Å². The van der Waals surface area contributed by atoms with Gasteiger partial charge in [0, 0.05) is 15.7 Å². The number of sulfone groups is 1. The van der Waals surface area contributed by atoms with Gasteiger partial charge in [-0.3, -0.25) is 24.2 Å². The molecule has 2 saturated heterocycles. The van der Waals surface area contributed by atoms with Crippen molar-refractivity contribution in [3.8, 4) is 0 Å². The van der Waals surface area contributed by atoms with Crippen LogP contribution in [0.4, 0.5) is 11.4 Å². The second-order valence-electron chi connectivity index (χ2n) is 8.27. The number of thioether (sulfide) groups is 1. The fourth-order valence-electron chi connectivity index (χ4n) is 4.39. The minimum Gasteiger partial charge on any atom is -0.324 e. The van der Waals surface area contributed by atoms with Gasteiger partial charge in [-0.15, -0.1) is 0 Å². The highest BCUT2D eigenvalue weighted by atomic mass is 79.9. The summed E-state index contributed by atoms with van der Waals surface area (Å²) in [7, 11) is -3.23. The Morgan fingerprint density at radius 3 is 2.63 bits per heavy atom. The minimum absolute atomic E-state index is 0.00324. The summed E-state index contributed by atoms with van der Waals surface area (Å²) in [6, 6.07) is 13.5. The normalized spacial score (nSPS) is 23.2. The van der Waals surface area contributed by atoms with Crippen LogP contribution in [0.5, 0.6) is 0 Å². The van der Waals surface area contributed by atoms with Crippen molar-refractivity contribution >= 4 is 88.7 Å². The first-order valence-electron chi connectivity index (χ1n) is 10.6. The Morgan fingerprint density at radius 1 is 1.14 bits per heavy atom. The molecule has 5 rings (SSSR count). The zero-order valence-corrected chi connectivity index (χ0v) is 22.1. The number of carbonyl (C=O) groups is 3. The number of carbonyl (C=O) groups excluding carboxylic acids is 3. The summed E-state index contributed by atoms with van der Waals surface area (Å²) in [5, 5.41) is 2.78. The van der Waals surface area contributed by atoms with Crippen molar-refractivity contribution in [3.05, 3.63) is 63.5 Å². The summed E-state index contributed by atoms with van der Waals surface area (Å²) in [6.45, 7) is -0.243. The van der Waals surface area contributed by atoms with Crippen molar-refractivity contribution in [2.24, 2.45) is 0 Å². The second kappa shape index (κ2) is 9.16. The molecule has 0 bridgehead atoms. The molecule has 0 spiro atoms. The van der Waals surface area contributed by atoms with E-state index in [1.165, 1.54) is 9.80 Å². The average Bonchev–Trinajstić information content (AvgIpc) is 3.39. The Bertz CT molecular complexity index is 1440. The van der Waals surface area contributed by atoms with E-state index < -0.39 is 33.6 Å². The molecule has 0 saturated carbocycles. The molecule has 0 aliphatic carbocycles. The Balaban J connectivity index is 1.45. The predicted molar refractivity (Wildman–Crippen MR) is 143 cm³/mol. The van der Waals surface area contributed by atoms with Gasteiger partial charge in [-0.2, -0.15) is 0 Å². The summed E-state index contributed by atoms with van der Waals surface area (Å²) >= 11 is 9.76. The molecule has 12 heteroatoms. The first-order valence-corrected chi connectivity index (χ1v) is 14.5. The highest BCUT2D eigenvalue weighted by Crippen LogP contribution is 2.45. The molecule has 35 heavy (non-hydrogen) atoms. The van der Waals surface area contributed by atoms with Gasteiger partial charge in [0.15, 0.2) is 9.84 Å². The second-order valence-corrected chi connectivity index (χ2v) is 13.1. The molecule has 1 atom stereocenters. The zero-order valence-electron chi connectivity index (χ0n) is 18.1. The van der Waals surface area contributed by atoms with Crippen LogP contribution in [0.25, 0.3) is 5.57 Å². The lowest BCUT2D eigenvalue weighted by molar-refractivity contribution is -0.123. The van der Waals surface area contributed by atoms with Crippen LogP contribution in [-0.2, 0) is 24.2 Å². The molecule has 2 aromatic rings. The van der Waals surface area contributed by atoms with Crippen LogP contribution in [-0.4, -0.2) is 59.5 Å². The molecule has 0 radical (unpaired) electrons.